The third-order valence-electron chi connectivity index (χ3n) is 4.42. The second-order valence-electron chi connectivity index (χ2n) is 6.51. The van der Waals surface area contributed by atoms with Crippen molar-refractivity contribution in [2.75, 3.05) is 25.0 Å². The van der Waals surface area contributed by atoms with E-state index in [1.54, 1.807) is 6.07 Å². The summed E-state index contributed by atoms with van der Waals surface area (Å²) in [4.78, 5) is 0. The van der Waals surface area contributed by atoms with Crippen LogP contribution < -0.4 is 15.4 Å². The summed E-state index contributed by atoms with van der Waals surface area (Å²) in [5.74, 6) is 0. The van der Waals surface area contributed by atoms with Crippen LogP contribution in [0.4, 0.5) is 5.69 Å². The Morgan fingerprint density at radius 2 is 1.72 bits per heavy atom. The Kier molecular flexibility index (Phi) is 8.84. The number of halogens is 1. The van der Waals surface area contributed by atoms with Crippen molar-refractivity contribution >= 4 is 28.2 Å². The summed E-state index contributed by atoms with van der Waals surface area (Å²) < 4.78 is 0.856. The molecule has 2 rings (SSSR count). The largest absolute Gasteiger partial charge is 0.618 e. The molecular weight excluding hydrogens is 334 g/mol. The molecule has 25 heavy (non-hydrogen) atoms. The van der Waals surface area contributed by atoms with Gasteiger partial charge in [0.2, 0.25) is 5.52 Å². The molecule has 0 atom stereocenters. The number of nitrogens with zero attached hydrogens (tertiary/aromatic N) is 1. The van der Waals surface area contributed by atoms with Crippen molar-refractivity contribution < 1.29 is 4.73 Å². The van der Waals surface area contributed by atoms with Gasteiger partial charge in [0.05, 0.1) is 11.1 Å². The fraction of sp³-hybridized carbons (Fsp3) is 0.550. The number of anilines is 1. The predicted molar refractivity (Wildman–Crippen MR) is 107 cm³/mol. The number of fused-ring (bicyclic) bond motifs is 1. The van der Waals surface area contributed by atoms with E-state index in [0.717, 1.165) is 41.9 Å². The number of nitrogens with one attached hydrogen (secondary N) is 2. The summed E-state index contributed by atoms with van der Waals surface area (Å²) in [6.07, 6.45) is 10.6. The Morgan fingerprint density at radius 3 is 2.56 bits per heavy atom. The van der Waals surface area contributed by atoms with Gasteiger partial charge in [-0.2, -0.15) is 4.73 Å². The first-order valence-electron chi connectivity index (χ1n) is 9.48. The quantitative estimate of drug-likeness (QED) is 0.321. The van der Waals surface area contributed by atoms with Gasteiger partial charge in [-0.1, -0.05) is 50.6 Å². The van der Waals surface area contributed by atoms with E-state index in [1.807, 2.05) is 18.2 Å². The van der Waals surface area contributed by atoms with Crippen LogP contribution in [0, 0.1) is 5.21 Å². The van der Waals surface area contributed by atoms with E-state index in [9.17, 15) is 5.21 Å². The van der Waals surface area contributed by atoms with Crippen molar-refractivity contribution in [2.24, 2.45) is 0 Å². The van der Waals surface area contributed by atoms with Gasteiger partial charge in [-0.15, -0.1) is 0 Å². The monoisotopic (exact) mass is 363 g/mol. The van der Waals surface area contributed by atoms with E-state index >= 15 is 0 Å². The van der Waals surface area contributed by atoms with Gasteiger partial charge in [-0.25, -0.2) is 0 Å². The number of benzene rings is 1. The molecule has 138 valence electrons. The first-order chi connectivity index (χ1) is 12.2. The number of rotatable bonds is 12. The van der Waals surface area contributed by atoms with Gasteiger partial charge in [0, 0.05) is 23.7 Å². The molecule has 2 N–H and O–H groups in total. The van der Waals surface area contributed by atoms with Crippen molar-refractivity contribution in [3.05, 3.63) is 40.7 Å². The number of pyridine rings is 1. The fourth-order valence-electron chi connectivity index (χ4n) is 2.97. The maximum atomic E-state index is 11.9. The molecular formula is C20H30ClN3O. The standard InChI is InChI=1S/C20H30ClN3O/c1-2-3-4-5-6-7-12-22-13-8-14-23-19-11-15-24(25)20-16-17(21)9-10-18(19)20/h9-11,15-16,22-23H,2-8,12-14H2,1H3. The second-order valence-corrected chi connectivity index (χ2v) is 6.95. The van der Waals surface area contributed by atoms with E-state index < -0.39 is 0 Å². The van der Waals surface area contributed by atoms with Gasteiger partial charge in [0.15, 0.2) is 6.20 Å². The summed E-state index contributed by atoms with van der Waals surface area (Å²) in [6, 6.07) is 7.24. The average Bonchev–Trinajstić information content (AvgIpc) is 2.61. The van der Waals surface area contributed by atoms with Gasteiger partial charge >= 0.3 is 0 Å². The van der Waals surface area contributed by atoms with E-state index in [-0.39, 0.29) is 0 Å². The van der Waals surface area contributed by atoms with Gasteiger partial charge in [0.1, 0.15) is 0 Å². The zero-order valence-electron chi connectivity index (χ0n) is 15.2. The first kappa shape index (κ1) is 19.8. The van der Waals surface area contributed by atoms with Crippen molar-refractivity contribution in [1.82, 2.24) is 5.32 Å². The highest BCUT2D eigenvalue weighted by Gasteiger charge is 2.09. The van der Waals surface area contributed by atoms with E-state index in [2.05, 4.69) is 17.6 Å². The van der Waals surface area contributed by atoms with Crippen LogP contribution in [0.2, 0.25) is 5.02 Å². The SMILES string of the molecule is CCCCCCCCNCCCNc1cc[n+]([O-])c2cc(Cl)ccc12. The average molecular weight is 364 g/mol. The molecule has 2 aromatic rings. The van der Waals surface area contributed by atoms with Crippen LogP contribution in [0.1, 0.15) is 51.9 Å². The third-order valence-corrected chi connectivity index (χ3v) is 4.65. The molecule has 0 aliphatic heterocycles. The molecule has 0 aliphatic carbocycles. The molecule has 0 aliphatic rings. The van der Waals surface area contributed by atoms with Crippen molar-refractivity contribution in [2.45, 2.75) is 51.9 Å². The summed E-state index contributed by atoms with van der Waals surface area (Å²) in [5.41, 5.74) is 1.58. The lowest BCUT2D eigenvalue weighted by Gasteiger charge is -2.10. The summed E-state index contributed by atoms with van der Waals surface area (Å²) in [6.45, 7) is 5.25. The van der Waals surface area contributed by atoms with Crippen LogP contribution >= 0.6 is 11.6 Å². The van der Waals surface area contributed by atoms with Gasteiger partial charge < -0.3 is 15.8 Å². The maximum absolute atomic E-state index is 11.9. The molecule has 0 amide bonds. The molecule has 0 unspecified atom stereocenters. The number of hydrogen-bond donors (Lipinski definition) is 2. The second kappa shape index (κ2) is 11.2. The zero-order valence-corrected chi connectivity index (χ0v) is 15.9. The molecule has 0 saturated carbocycles. The molecule has 0 radical (unpaired) electrons. The summed E-state index contributed by atoms with van der Waals surface area (Å²) in [5, 5.41) is 20.3. The first-order valence-corrected chi connectivity index (χ1v) is 9.86. The van der Waals surface area contributed by atoms with Crippen molar-refractivity contribution in [1.29, 1.82) is 0 Å². The van der Waals surface area contributed by atoms with Crippen LogP contribution in [0.15, 0.2) is 30.5 Å². The van der Waals surface area contributed by atoms with Crippen LogP contribution in [0.5, 0.6) is 0 Å². The Hall–Kier alpha value is -1.52. The van der Waals surface area contributed by atoms with Crippen LogP contribution in [0.3, 0.4) is 0 Å². The van der Waals surface area contributed by atoms with Crippen molar-refractivity contribution in [3.8, 4) is 0 Å². The molecule has 1 heterocycles. The molecule has 0 spiro atoms. The van der Waals surface area contributed by atoms with Crippen LogP contribution in [0.25, 0.3) is 10.9 Å². The molecule has 0 bridgehead atoms. The molecule has 1 aromatic heterocycles. The number of unbranched alkanes of at least 4 members (excludes halogenated alkanes) is 5. The summed E-state index contributed by atoms with van der Waals surface area (Å²) >= 11 is 5.98. The maximum Gasteiger partial charge on any atom is 0.227 e. The highest BCUT2D eigenvalue weighted by Crippen LogP contribution is 2.23. The highest BCUT2D eigenvalue weighted by atomic mass is 35.5. The number of aromatic nitrogens is 1. The van der Waals surface area contributed by atoms with E-state index in [1.165, 1.54) is 44.7 Å². The van der Waals surface area contributed by atoms with Gasteiger partial charge in [-0.3, -0.25) is 0 Å². The Bertz CT molecular complexity index is 648. The van der Waals surface area contributed by atoms with Crippen LogP contribution in [-0.4, -0.2) is 19.6 Å². The third kappa shape index (κ3) is 6.71. The minimum absolute atomic E-state index is 0.577. The van der Waals surface area contributed by atoms with Crippen LogP contribution in [-0.2, 0) is 0 Å². The summed E-state index contributed by atoms with van der Waals surface area (Å²) in [7, 11) is 0. The smallest absolute Gasteiger partial charge is 0.227 e. The Balaban J connectivity index is 1.64. The van der Waals surface area contributed by atoms with Crippen molar-refractivity contribution in [3.63, 3.8) is 0 Å². The molecule has 0 saturated heterocycles. The lowest BCUT2D eigenvalue weighted by atomic mass is 10.1. The lowest BCUT2D eigenvalue weighted by molar-refractivity contribution is -0.576. The minimum atomic E-state index is 0.577. The van der Waals surface area contributed by atoms with E-state index in [0.29, 0.717) is 10.5 Å². The molecule has 1 aromatic carbocycles. The molecule has 4 nitrogen and oxygen atoms in total. The minimum Gasteiger partial charge on any atom is -0.618 e. The fourth-order valence-corrected chi connectivity index (χ4v) is 3.14. The highest BCUT2D eigenvalue weighted by molar-refractivity contribution is 6.31. The number of hydrogen-bond acceptors (Lipinski definition) is 3. The van der Waals surface area contributed by atoms with E-state index in [4.69, 9.17) is 11.6 Å². The zero-order chi connectivity index (χ0) is 17.9. The topological polar surface area (TPSA) is 51.0 Å². The van der Waals surface area contributed by atoms with Gasteiger partial charge in [0.25, 0.3) is 0 Å². The Morgan fingerprint density at radius 1 is 0.960 bits per heavy atom. The normalized spacial score (nSPS) is 11.1. The lowest BCUT2D eigenvalue weighted by Crippen LogP contribution is -2.26. The van der Waals surface area contributed by atoms with Gasteiger partial charge in [-0.05, 0) is 38.1 Å². The molecule has 5 heteroatoms. The Labute approximate surface area is 156 Å². The molecule has 0 fully saturated rings. The predicted octanol–water partition coefficient (Wildman–Crippen LogP) is 4.88.